The number of methoxy groups -OCH3 is 2. The molecule has 2 aromatic carbocycles. The summed E-state index contributed by atoms with van der Waals surface area (Å²) in [6.07, 6.45) is 3.87. The molecule has 132 valence electrons. The lowest BCUT2D eigenvalue weighted by atomic mass is 10.1. The highest BCUT2D eigenvalue weighted by atomic mass is 16.5. The van der Waals surface area contributed by atoms with Crippen LogP contribution in [0.4, 0.5) is 0 Å². The highest BCUT2D eigenvalue weighted by Gasteiger charge is 2.17. The van der Waals surface area contributed by atoms with E-state index >= 15 is 0 Å². The number of rotatable bonds is 8. The SMILES string of the molecule is CCCOc1cc(OC)cc(O)c1C(=O)/C=C/c1ccc(OC)cc1. The number of phenolic OH excluding ortho intramolecular Hbond substituents is 1. The molecule has 2 aromatic rings. The minimum Gasteiger partial charge on any atom is -0.507 e. The van der Waals surface area contributed by atoms with E-state index in [9.17, 15) is 9.90 Å². The molecule has 5 nitrogen and oxygen atoms in total. The number of carbonyl (C=O) groups excluding carboxylic acids is 1. The molecule has 0 heterocycles. The van der Waals surface area contributed by atoms with Crippen LogP contribution in [0.3, 0.4) is 0 Å². The van der Waals surface area contributed by atoms with Crippen molar-refractivity contribution in [2.45, 2.75) is 13.3 Å². The van der Waals surface area contributed by atoms with E-state index < -0.39 is 0 Å². The molecule has 5 heteroatoms. The maximum Gasteiger partial charge on any atom is 0.193 e. The van der Waals surface area contributed by atoms with Gasteiger partial charge in [0, 0.05) is 12.1 Å². The smallest absolute Gasteiger partial charge is 0.193 e. The summed E-state index contributed by atoms with van der Waals surface area (Å²) in [6.45, 7) is 2.40. The van der Waals surface area contributed by atoms with Gasteiger partial charge in [0.2, 0.25) is 0 Å². The number of ether oxygens (including phenoxy) is 3. The lowest BCUT2D eigenvalue weighted by Gasteiger charge is -2.12. The summed E-state index contributed by atoms with van der Waals surface area (Å²) in [6, 6.07) is 10.3. The summed E-state index contributed by atoms with van der Waals surface area (Å²) < 4.78 is 15.8. The molecule has 0 bridgehead atoms. The summed E-state index contributed by atoms with van der Waals surface area (Å²) in [4.78, 5) is 12.6. The average Bonchev–Trinajstić information content (AvgIpc) is 2.64. The number of aromatic hydroxyl groups is 1. The van der Waals surface area contributed by atoms with Crippen molar-refractivity contribution in [3.05, 3.63) is 53.6 Å². The van der Waals surface area contributed by atoms with Crippen molar-refractivity contribution in [1.29, 1.82) is 0 Å². The summed E-state index contributed by atoms with van der Waals surface area (Å²) in [7, 11) is 3.09. The van der Waals surface area contributed by atoms with Crippen LogP contribution >= 0.6 is 0 Å². The lowest BCUT2D eigenvalue weighted by Crippen LogP contribution is -2.04. The van der Waals surface area contributed by atoms with Gasteiger partial charge < -0.3 is 19.3 Å². The third-order valence-electron chi connectivity index (χ3n) is 3.54. The predicted octanol–water partition coefficient (Wildman–Crippen LogP) is 4.09. The zero-order chi connectivity index (χ0) is 18.2. The zero-order valence-electron chi connectivity index (χ0n) is 14.6. The monoisotopic (exact) mass is 342 g/mol. The Labute approximate surface area is 147 Å². The van der Waals surface area contributed by atoms with Gasteiger partial charge in [-0.1, -0.05) is 25.1 Å². The molecule has 0 aliphatic carbocycles. The topological polar surface area (TPSA) is 65.0 Å². The first-order valence-electron chi connectivity index (χ1n) is 7.99. The molecule has 0 saturated carbocycles. The van der Waals surface area contributed by atoms with Crippen molar-refractivity contribution < 1.29 is 24.1 Å². The Bertz CT molecular complexity index is 747. The van der Waals surface area contributed by atoms with Crippen LogP contribution in [-0.2, 0) is 0 Å². The van der Waals surface area contributed by atoms with Gasteiger partial charge in [0.25, 0.3) is 0 Å². The maximum absolute atomic E-state index is 12.6. The molecular formula is C20H22O5. The summed E-state index contributed by atoms with van der Waals surface area (Å²) in [5.74, 6) is 0.964. The number of allylic oxidation sites excluding steroid dienone is 1. The van der Waals surface area contributed by atoms with Gasteiger partial charge in [-0.25, -0.2) is 0 Å². The number of hydrogen-bond acceptors (Lipinski definition) is 5. The lowest BCUT2D eigenvalue weighted by molar-refractivity contribution is 0.104. The number of carbonyl (C=O) groups is 1. The Kier molecular flexibility index (Phi) is 6.46. The molecule has 0 saturated heterocycles. The van der Waals surface area contributed by atoms with E-state index in [0.717, 1.165) is 17.7 Å². The van der Waals surface area contributed by atoms with Crippen LogP contribution in [0.5, 0.6) is 23.0 Å². The van der Waals surface area contributed by atoms with E-state index in [1.54, 1.807) is 19.3 Å². The highest BCUT2D eigenvalue weighted by molar-refractivity contribution is 6.10. The van der Waals surface area contributed by atoms with Crippen LogP contribution in [0, 0.1) is 0 Å². The summed E-state index contributed by atoms with van der Waals surface area (Å²) in [5.41, 5.74) is 0.970. The van der Waals surface area contributed by atoms with Crippen LogP contribution in [0.15, 0.2) is 42.5 Å². The van der Waals surface area contributed by atoms with Gasteiger partial charge in [0.05, 0.1) is 20.8 Å². The van der Waals surface area contributed by atoms with Gasteiger partial charge in [-0.3, -0.25) is 4.79 Å². The van der Waals surface area contributed by atoms with E-state index in [1.807, 2.05) is 31.2 Å². The second kappa shape index (κ2) is 8.78. The zero-order valence-corrected chi connectivity index (χ0v) is 14.6. The molecule has 0 aliphatic rings. The predicted molar refractivity (Wildman–Crippen MR) is 96.8 cm³/mol. The molecule has 0 unspecified atom stereocenters. The Hall–Kier alpha value is -2.95. The first kappa shape index (κ1) is 18.4. The van der Waals surface area contributed by atoms with Crippen molar-refractivity contribution in [2.75, 3.05) is 20.8 Å². The van der Waals surface area contributed by atoms with Crippen molar-refractivity contribution in [3.63, 3.8) is 0 Å². The Morgan fingerprint density at radius 3 is 2.36 bits per heavy atom. The summed E-state index contributed by atoms with van der Waals surface area (Å²) in [5, 5.41) is 10.2. The molecule has 1 N–H and O–H groups in total. The molecule has 2 rings (SSSR count). The normalized spacial score (nSPS) is 10.7. The fourth-order valence-corrected chi connectivity index (χ4v) is 2.24. The van der Waals surface area contributed by atoms with Crippen LogP contribution in [0.1, 0.15) is 29.3 Å². The van der Waals surface area contributed by atoms with E-state index in [4.69, 9.17) is 14.2 Å². The first-order valence-corrected chi connectivity index (χ1v) is 7.99. The fraction of sp³-hybridized carbons (Fsp3) is 0.250. The largest absolute Gasteiger partial charge is 0.507 e. The minimum absolute atomic E-state index is 0.124. The molecular weight excluding hydrogens is 320 g/mol. The van der Waals surface area contributed by atoms with Crippen molar-refractivity contribution >= 4 is 11.9 Å². The third kappa shape index (κ3) is 4.76. The number of phenols is 1. The molecule has 0 spiro atoms. The second-order valence-corrected chi connectivity index (χ2v) is 5.34. The maximum atomic E-state index is 12.6. The third-order valence-corrected chi connectivity index (χ3v) is 3.54. The Morgan fingerprint density at radius 1 is 1.08 bits per heavy atom. The van der Waals surface area contributed by atoms with E-state index in [1.165, 1.54) is 19.3 Å². The number of hydrogen-bond donors (Lipinski definition) is 1. The first-order chi connectivity index (χ1) is 12.1. The van der Waals surface area contributed by atoms with Gasteiger partial charge in [-0.15, -0.1) is 0 Å². The molecule has 0 fully saturated rings. The molecule has 0 amide bonds. The Balaban J connectivity index is 2.28. The quantitative estimate of drug-likeness (QED) is 0.578. The molecule has 0 atom stereocenters. The number of ketones is 1. The highest BCUT2D eigenvalue weighted by Crippen LogP contribution is 2.34. The van der Waals surface area contributed by atoms with Crippen molar-refractivity contribution in [3.8, 4) is 23.0 Å². The van der Waals surface area contributed by atoms with Crippen LogP contribution in [-0.4, -0.2) is 31.7 Å². The standard InChI is InChI=1S/C20H22O5/c1-4-11-25-19-13-16(24-3)12-18(22)20(19)17(21)10-7-14-5-8-15(23-2)9-6-14/h5-10,12-13,22H,4,11H2,1-3H3/b10-7+. The van der Waals surface area contributed by atoms with Gasteiger partial charge in [0.1, 0.15) is 28.6 Å². The van der Waals surface area contributed by atoms with E-state index in [2.05, 4.69) is 0 Å². The van der Waals surface area contributed by atoms with Gasteiger partial charge in [-0.05, 0) is 30.2 Å². The van der Waals surface area contributed by atoms with Crippen LogP contribution in [0.25, 0.3) is 6.08 Å². The molecule has 0 aliphatic heterocycles. The van der Waals surface area contributed by atoms with Gasteiger partial charge in [0.15, 0.2) is 5.78 Å². The molecule has 0 radical (unpaired) electrons. The van der Waals surface area contributed by atoms with E-state index in [0.29, 0.717) is 18.1 Å². The summed E-state index contributed by atoms with van der Waals surface area (Å²) >= 11 is 0. The molecule has 0 aromatic heterocycles. The van der Waals surface area contributed by atoms with Crippen LogP contribution < -0.4 is 14.2 Å². The Morgan fingerprint density at radius 2 is 1.76 bits per heavy atom. The fourth-order valence-electron chi connectivity index (χ4n) is 2.24. The van der Waals surface area contributed by atoms with Gasteiger partial charge in [-0.2, -0.15) is 0 Å². The number of benzene rings is 2. The molecule has 25 heavy (non-hydrogen) atoms. The van der Waals surface area contributed by atoms with Crippen molar-refractivity contribution in [1.82, 2.24) is 0 Å². The van der Waals surface area contributed by atoms with Crippen molar-refractivity contribution in [2.24, 2.45) is 0 Å². The average molecular weight is 342 g/mol. The minimum atomic E-state index is -0.345. The van der Waals surface area contributed by atoms with Gasteiger partial charge >= 0.3 is 0 Å². The second-order valence-electron chi connectivity index (χ2n) is 5.34. The van der Waals surface area contributed by atoms with E-state index in [-0.39, 0.29) is 17.1 Å². The van der Waals surface area contributed by atoms with Crippen LogP contribution in [0.2, 0.25) is 0 Å².